The van der Waals surface area contributed by atoms with Gasteiger partial charge in [0.2, 0.25) is 5.78 Å². The maximum Gasteiger partial charge on any atom is 0.204 e. The lowest BCUT2D eigenvalue weighted by molar-refractivity contribution is 0.104. The van der Waals surface area contributed by atoms with Gasteiger partial charge in [0.1, 0.15) is 5.82 Å². The van der Waals surface area contributed by atoms with Gasteiger partial charge >= 0.3 is 0 Å². The standard InChI is InChI=1S/C11H6ClFOS/c12-9-6-7(13)3-4-8(9)11(14)10-2-1-5-15-10/h1-6H. The second kappa shape index (κ2) is 4.13. The van der Waals surface area contributed by atoms with E-state index >= 15 is 0 Å². The maximum absolute atomic E-state index is 12.8. The average Bonchev–Trinajstić information content (AvgIpc) is 2.69. The smallest absolute Gasteiger partial charge is 0.204 e. The van der Waals surface area contributed by atoms with Gasteiger partial charge in [-0.3, -0.25) is 4.79 Å². The van der Waals surface area contributed by atoms with Gasteiger partial charge < -0.3 is 0 Å². The van der Waals surface area contributed by atoms with Gasteiger partial charge in [-0.05, 0) is 29.6 Å². The molecule has 0 N–H and O–H groups in total. The third-order valence-electron chi connectivity index (χ3n) is 1.92. The Hall–Kier alpha value is -1.19. The Morgan fingerprint density at radius 1 is 1.33 bits per heavy atom. The molecule has 4 heteroatoms. The number of rotatable bonds is 2. The molecule has 0 radical (unpaired) electrons. The van der Waals surface area contributed by atoms with Crippen molar-refractivity contribution >= 4 is 28.7 Å². The van der Waals surface area contributed by atoms with E-state index in [9.17, 15) is 9.18 Å². The van der Waals surface area contributed by atoms with Crippen LogP contribution >= 0.6 is 22.9 Å². The highest BCUT2D eigenvalue weighted by Crippen LogP contribution is 2.22. The Bertz CT molecular complexity index is 493. The summed E-state index contributed by atoms with van der Waals surface area (Å²) in [5.74, 6) is -0.613. The van der Waals surface area contributed by atoms with Gasteiger partial charge in [0.15, 0.2) is 0 Å². The van der Waals surface area contributed by atoms with Crippen LogP contribution in [0, 0.1) is 5.82 Å². The SMILES string of the molecule is O=C(c1cccs1)c1ccc(F)cc1Cl. The van der Waals surface area contributed by atoms with E-state index in [4.69, 9.17) is 11.6 Å². The van der Waals surface area contributed by atoms with Gasteiger partial charge in [0.25, 0.3) is 0 Å². The summed E-state index contributed by atoms with van der Waals surface area (Å²) in [5.41, 5.74) is 0.334. The van der Waals surface area contributed by atoms with Crippen molar-refractivity contribution in [3.8, 4) is 0 Å². The van der Waals surface area contributed by atoms with E-state index in [2.05, 4.69) is 0 Å². The minimum absolute atomic E-state index is 0.147. The van der Waals surface area contributed by atoms with Crippen LogP contribution in [0.25, 0.3) is 0 Å². The Labute approximate surface area is 95.1 Å². The third-order valence-corrected chi connectivity index (χ3v) is 3.10. The second-order valence-electron chi connectivity index (χ2n) is 2.93. The van der Waals surface area contributed by atoms with Gasteiger partial charge in [-0.25, -0.2) is 4.39 Å². The minimum Gasteiger partial charge on any atom is -0.288 e. The number of benzene rings is 1. The molecule has 0 bridgehead atoms. The first-order chi connectivity index (χ1) is 7.18. The normalized spacial score (nSPS) is 10.3. The van der Waals surface area contributed by atoms with Crippen LogP contribution in [0.1, 0.15) is 15.2 Å². The van der Waals surface area contributed by atoms with Crippen molar-refractivity contribution in [3.05, 3.63) is 57.0 Å². The molecule has 0 fully saturated rings. The fourth-order valence-corrected chi connectivity index (χ4v) is 2.15. The monoisotopic (exact) mass is 240 g/mol. The molecule has 0 saturated heterocycles. The Morgan fingerprint density at radius 2 is 2.13 bits per heavy atom. The summed E-state index contributed by atoms with van der Waals surface area (Å²) in [6.45, 7) is 0. The number of hydrogen-bond donors (Lipinski definition) is 0. The highest BCUT2D eigenvalue weighted by Gasteiger charge is 2.13. The molecule has 0 aliphatic rings. The van der Waals surface area contributed by atoms with Crippen molar-refractivity contribution in [2.75, 3.05) is 0 Å². The van der Waals surface area contributed by atoms with E-state index in [0.717, 1.165) is 6.07 Å². The number of halogens is 2. The first-order valence-corrected chi connectivity index (χ1v) is 5.47. The molecule has 0 aliphatic carbocycles. The predicted octanol–water partition coefficient (Wildman–Crippen LogP) is 3.77. The fraction of sp³-hybridized carbons (Fsp3) is 0. The van der Waals surface area contributed by atoms with E-state index in [-0.39, 0.29) is 10.8 Å². The summed E-state index contributed by atoms with van der Waals surface area (Å²) >= 11 is 7.12. The zero-order chi connectivity index (χ0) is 10.8. The molecular formula is C11H6ClFOS. The van der Waals surface area contributed by atoms with Gasteiger partial charge in [0.05, 0.1) is 9.90 Å². The lowest BCUT2D eigenvalue weighted by Gasteiger charge is -2.00. The maximum atomic E-state index is 12.8. The van der Waals surface area contributed by atoms with Crippen LogP contribution in [0.15, 0.2) is 35.7 Å². The zero-order valence-corrected chi connectivity index (χ0v) is 9.11. The zero-order valence-electron chi connectivity index (χ0n) is 7.54. The molecule has 1 nitrogen and oxygen atoms in total. The molecule has 76 valence electrons. The second-order valence-corrected chi connectivity index (χ2v) is 4.29. The Morgan fingerprint density at radius 3 is 2.73 bits per heavy atom. The molecule has 0 unspecified atom stereocenters. The van der Waals surface area contributed by atoms with Crippen LogP contribution < -0.4 is 0 Å². The number of hydrogen-bond acceptors (Lipinski definition) is 2. The molecule has 2 aromatic rings. The molecule has 0 atom stereocenters. The fourth-order valence-electron chi connectivity index (χ4n) is 1.21. The molecule has 2 rings (SSSR count). The highest BCUT2D eigenvalue weighted by molar-refractivity contribution is 7.12. The van der Waals surface area contributed by atoms with Crippen molar-refractivity contribution in [1.29, 1.82) is 0 Å². The van der Waals surface area contributed by atoms with Crippen LogP contribution in [0.5, 0.6) is 0 Å². The summed E-state index contributed by atoms with van der Waals surface area (Å²) in [4.78, 5) is 12.4. The van der Waals surface area contributed by atoms with Crippen LogP contribution in [-0.2, 0) is 0 Å². The van der Waals surface area contributed by atoms with Crippen LogP contribution in [-0.4, -0.2) is 5.78 Å². The summed E-state index contributed by atoms with van der Waals surface area (Å²) in [5, 5.41) is 1.96. The minimum atomic E-state index is -0.442. The highest BCUT2D eigenvalue weighted by atomic mass is 35.5. The van der Waals surface area contributed by atoms with E-state index in [0.29, 0.717) is 10.4 Å². The van der Waals surface area contributed by atoms with E-state index in [1.807, 2.05) is 5.38 Å². The number of thiophene rings is 1. The summed E-state index contributed by atoms with van der Waals surface area (Å²) in [7, 11) is 0. The lowest BCUT2D eigenvalue weighted by Crippen LogP contribution is -1.99. The van der Waals surface area contributed by atoms with Crippen LogP contribution in [0.4, 0.5) is 4.39 Å². The number of ketones is 1. The first-order valence-electron chi connectivity index (χ1n) is 4.22. The van der Waals surface area contributed by atoms with Crippen molar-refractivity contribution in [2.24, 2.45) is 0 Å². The van der Waals surface area contributed by atoms with Crippen molar-refractivity contribution in [1.82, 2.24) is 0 Å². The quantitative estimate of drug-likeness (QED) is 0.731. The van der Waals surface area contributed by atoms with Crippen molar-refractivity contribution in [3.63, 3.8) is 0 Å². The number of carbonyl (C=O) groups excluding carboxylic acids is 1. The Kier molecular flexibility index (Phi) is 2.84. The largest absolute Gasteiger partial charge is 0.288 e. The van der Waals surface area contributed by atoms with Crippen molar-refractivity contribution < 1.29 is 9.18 Å². The molecule has 0 amide bonds. The van der Waals surface area contributed by atoms with E-state index in [1.54, 1.807) is 12.1 Å². The first kappa shape index (κ1) is 10.3. The topological polar surface area (TPSA) is 17.1 Å². The van der Waals surface area contributed by atoms with Gasteiger partial charge in [-0.2, -0.15) is 0 Å². The predicted molar refractivity (Wildman–Crippen MR) is 59.2 cm³/mol. The summed E-state index contributed by atoms with van der Waals surface area (Å²) < 4.78 is 12.8. The third kappa shape index (κ3) is 2.08. The molecule has 0 aliphatic heterocycles. The van der Waals surface area contributed by atoms with E-state index < -0.39 is 5.82 Å². The van der Waals surface area contributed by atoms with Gasteiger partial charge in [-0.1, -0.05) is 17.7 Å². The molecule has 15 heavy (non-hydrogen) atoms. The molecule has 0 spiro atoms. The van der Waals surface area contributed by atoms with Crippen LogP contribution in [0.2, 0.25) is 5.02 Å². The molecular weight excluding hydrogens is 235 g/mol. The van der Waals surface area contributed by atoms with Crippen LogP contribution in [0.3, 0.4) is 0 Å². The Balaban J connectivity index is 2.42. The molecule has 1 heterocycles. The molecule has 1 aromatic carbocycles. The summed E-state index contributed by atoms with van der Waals surface area (Å²) in [6.07, 6.45) is 0. The molecule has 1 aromatic heterocycles. The average molecular weight is 241 g/mol. The van der Waals surface area contributed by atoms with Crippen molar-refractivity contribution in [2.45, 2.75) is 0 Å². The summed E-state index contributed by atoms with van der Waals surface area (Å²) in [6, 6.07) is 7.27. The van der Waals surface area contributed by atoms with Gasteiger partial charge in [0, 0.05) is 5.56 Å². The van der Waals surface area contributed by atoms with E-state index in [1.165, 1.54) is 23.5 Å². The number of carbonyl (C=O) groups is 1. The lowest BCUT2D eigenvalue weighted by atomic mass is 10.1. The molecule has 0 saturated carbocycles. The van der Waals surface area contributed by atoms with Gasteiger partial charge in [-0.15, -0.1) is 11.3 Å².